The van der Waals surface area contributed by atoms with Gasteiger partial charge in [0.15, 0.2) is 0 Å². The van der Waals surface area contributed by atoms with Crippen molar-refractivity contribution in [1.82, 2.24) is 10.6 Å². The molecule has 1 aliphatic rings. The maximum absolute atomic E-state index is 5.91. The van der Waals surface area contributed by atoms with Gasteiger partial charge in [-0.1, -0.05) is 17.7 Å². The standard InChI is InChI=1S/C14H21ClN2O/c1-11(10-16-7-8-17-13-5-6-13)18-14-4-2-3-12(15)9-14/h2-4,9,11,13,16-17H,5-8,10H2,1H3. The number of hydrogen-bond acceptors (Lipinski definition) is 3. The highest BCUT2D eigenvalue weighted by molar-refractivity contribution is 6.30. The van der Waals surface area contributed by atoms with Gasteiger partial charge in [-0.25, -0.2) is 0 Å². The van der Waals surface area contributed by atoms with E-state index in [4.69, 9.17) is 16.3 Å². The molecule has 18 heavy (non-hydrogen) atoms. The van der Waals surface area contributed by atoms with Gasteiger partial charge in [0.05, 0.1) is 0 Å². The van der Waals surface area contributed by atoms with Gasteiger partial charge < -0.3 is 15.4 Å². The average Bonchev–Trinajstić information content (AvgIpc) is 3.12. The summed E-state index contributed by atoms with van der Waals surface area (Å²) in [6.45, 7) is 4.93. The Morgan fingerprint density at radius 1 is 1.39 bits per heavy atom. The van der Waals surface area contributed by atoms with E-state index in [1.165, 1.54) is 12.8 Å². The maximum Gasteiger partial charge on any atom is 0.121 e. The van der Waals surface area contributed by atoms with Crippen molar-refractivity contribution in [2.45, 2.75) is 31.9 Å². The Morgan fingerprint density at radius 2 is 2.22 bits per heavy atom. The lowest BCUT2D eigenvalue weighted by molar-refractivity contribution is 0.217. The topological polar surface area (TPSA) is 33.3 Å². The highest BCUT2D eigenvalue weighted by atomic mass is 35.5. The molecule has 0 heterocycles. The van der Waals surface area contributed by atoms with Crippen LogP contribution in [0.2, 0.25) is 5.02 Å². The van der Waals surface area contributed by atoms with Gasteiger partial charge in [0.2, 0.25) is 0 Å². The molecule has 100 valence electrons. The predicted octanol–water partition coefficient (Wildman–Crippen LogP) is 2.45. The Morgan fingerprint density at radius 3 is 2.94 bits per heavy atom. The molecule has 0 saturated heterocycles. The van der Waals surface area contributed by atoms with E-state index in [-0.39, 0.29) is 6.10 Å². The number of ether oxygens (including phenoxy) is 1. The van der Waals surface area contributed by atoms with Crippen molar-refractivity contribution in [1.29, 1.82) is 0 Å². The van der Waals surface area contributed by atoms with Crippen LogP contribution < -0.4 is 15.4 Å². The fourth-order valence-corrected chi connectivity index (χ4v) is 1.95. The molecule has 1 unspecified atom stereocenters. The first-order valence-electron chi connectivity index (χ1n) is 6.60. The van der Waals surface area contributed by atoms with Gasteiger partial charge in [-0.05, 0) is 38.0 Å². The van der Waals surface area contributed by atoms with Gasteiger partial charge in [-0.2, -0.15) is 0 Å². The van der Waals surface area contributed by atoms with E-state index < -0.39 is 0 Å². The summed E-state index contributed by atoms with van der Waals surface area (Å²) in [7, 11) is 0. The van der Waals surface area contributed by atoms with Crippen LogP contribution in [-0.4, -0.2) is 31.8 Å². The van der Waals surface area contributed by atoms with Crippen LogP contribution in [0, 0.1) is 0 Å². The van der Waals surface area contributed by atoms with Crippen LogP contribution in [0.1, 0.15) is 19.8 Å². The van der Waals surface area contributed by atoms with E-state index in [0.29, 0.717) is 5.02 Å². The second-order valence-electron chi connectivity index (χ2n) is 4.82. The molecule has 0 amide bonds. The van der Waals surface area contributed by atoms with E-state index >= 15 is 0 Å². The van der Waals surface area contributed by atoms with Gasteiger partial charge in [0.1, 0.15) is 11.9 Å². The highest BCUT2D eigenvalue weighted by Crippen LogP contribution is 2.18. The Hall–Kier alpha value is -0.770. The summed E-state index contributed by atoms with van der Waals surface area (Å²) in [5.74, 6) is 0.827. The molecule has 2 N–H and O–H groups in total. The Balaban J connectivity index is 1.57. The molecule has 1 aromatic carbocycles. The first-order valence-corrected chi connectivity index (χ1v) is 6.98. The van der Waals surface area contributed by atoms with Crippen LogP contribution >= 0.6 is 11.6 Å². The molecular weight excluding hydrogens is 248 g/mol. The van der Waals surface area contributed by atoms with Crippen LogP contribution in [0.3, 0.4) is 0 Å². The molecule has 0 bridgehead atoms. The summed E-state index contributed by atoms with van der Waals surface area (Å²) in [6.07, 6.45) is 2.83. The Kier molecular flexibility index (Phi) is 5.29. The Labute approximate surface area is 114 Å². The summed E-state index contributed by atoms with van der Waals surface area (Å²) >= 11 is 5.91. The molecule has 0 radical (unpaired) electrons. The fourth-order valence-electron chi connectivity index (χ4n) is 1.77. The minimum atomic E-state index is 0.143. The summed E-state index contributed by atoms with van der Waals surface area (Å²) in [5.41, 5.74) is 0. The zero-order valence-electron chi connectivity index (χ0n) is 10.8. The third kappa shape index (κ3) is 5.25. The van der Waals surface area contributed by atoms with Gasteiger partial charge in [0.25, 0.3) is 0 Å². The van der Waals surface area contributed by atoms with E-state index in [2.05, 4.69) is 17.6 Å². The van der Waals surface area contributed by atoms with Crippen molar-refractivity contribution in [3.8, 4) is 5.75 Å². The molecule has 1 aliphatic carbocycles. The van der Waals surface area contributed by atoms with E-state index in [0.717, 1.165) is 31.4 Å². The van der Waals surface area contributed by atoms with Crippen LogP contribution in [0.5, 0.6) is 5.75 Å². The van der Waals surface area contributed by atoms with Gasteiger partial charge in [0, 0.05) is 30.7 Å². The van der Waals surface area contributed by atoms with Gasteiger partial charge in [-0.3, -0.25) is 0 Å². The molecule has 0 aromatic heterocycles. The SMILES string of the molecule is CC(CNCCNC1CC1)Oc1cccc(Cl)c1. The number of hydrogen-bond donors (Lipinski definition) is 2. The van der Waals surface area contributed by atoms with Crippen molar-refractivity contribution in [3.05, 3.63) is 29.3 Å². The van der Waals surface area contributed by atoms with Gasteiger partial charge >= 0.3 is 0 Å². The van der Waals surface area contributed by atoms with E-state index in [1.54, 1.807) is 0 Å². The molecule has 0 aliphatic heterocycles. The number of halogens is 1. The van der Waals surface area contributed by atoms with Crippen molar-refractivity contribution in [3.63, 3.8) is 0 Å². The zero-order valence-corrected chi connectivity index (χ0v) is 11.5. The predicted molar refractivity (Wildman–Crippen MR) is 75.4 cm³/mol. The van der Waals surface area contributed by atoms with Gasteiger partial charge in [-0.15, -0.1) is 0 Å². The number of benzene rings is 1. The third-order valence-corrected chi connectivity index (χ3v) is 3.11. The lowest BCUT2D eigenvalue weighted by Crippen LogP contribution is -2.34. The third-order valence-electron chi connectivity index (χ3n) is 2.88. The molecule has 1 fully saturated rings. The largest absolute Gasteiger partial charge is 0.489 e. The van der Waals surface area contributed by atoms with Crippen LogP contribution in [0.4, 0.5) is 0 Å². The summed E-state index contributed by atoms with van der Waals surface area (Å²) in [4.78, 5) is 0. The van der Waals surface area contributed by atoms with E-state index in [1.807, 2.05) is 24.3 Å². The number of rotatable bonds is 8. The second-order valence-corrected chi connectivity index (χ2v) is 5.25. The van der Waals surface area contributed by atoms with E-state index in [9.17, 15) is 0 Å². The van der Waals surface area contributed by atoms with Crippen LogP contribution in [0.15, 0.2) is 24.3 Å². The quantitative estimate of drug-likeness (QED) is 0.711. The molecule has 4 heteroatoms. The number of nitrogens with one attached hydrogen (secondary N) is 2. The zero-order chi connectivity index (χ0) is 12.8. The summed E-state index contributed by atoms with van der Waals surface area (Å²) < 4.78 is 5.77. The maximum atomic E-state index is 5.91. The normalized spacial score (nSPS) is 16.6. The monoisotopic (exact) mass is 268 g/mol. The molecule has 1 aromatic rings. The molecule has 0 spiro atoms. The van der Waals surface area contributed by atoms with Crippen molar-refractivity contribution in [2.24, 2.45) is 0 Å². The molecule has 2 rings (SSSR count). The van der Waals surface area contributed by atoms with Crippen molar-refractivity contribution < 1.29 is 4.74 Å². The van der Waals surface area contributed by atoms with Crippen LogP contribution in [-0.2, 0) is 0 Å². The minimum absolute atomic E-state index is 0.143. The van der Waals surface area contributed by atoms with Crippen molar-refractivity contribution >= 4 is 11.6 Å². The smallest absolute Gasteiger partial charge is 0.121 e. The first-order chi connectivity index (χ1) is 8.74. The lowest BCUT2D eigenvalue weighted by atomic mass is 10.3. The highest BCUT2D eigenvalue weighted by Gasteiger charge is 2.19. The lowest BCUT2D eigenvalue weighted by Gasteiger charge is -2.15. The molecule has 1 atom stereocenters. The first kappa shape index (κ1) is 13.7. The fraction of sp³-hybridized carbons (Fsp3) is 0.571. The summed E-state index contributed by atoms with van der Waals surface area (Å²) in [6, 6.07) is 8.30. The summed E-state index contributed by atoms with van der Waals surface area (Å²) in [5, 5.41) is 7.56. The van der Waals surface area contributed by atoms with Crippen molar-refractivity contribution in [2.75, 3.05) is 19.6 Å². The molecule has 1 saturated carbocycles. The average molecular weight is 269 g/mol. The molecule has 3 nitrogen and oxygen atoms in total. The Bertz CT molecular complexity index is 369. The molecular formula is C14H21ClN2O. The second kappa shape index (κ2) is 6.98. The minimum Gasteiger partial charge on any atom is -0.489 e. The van der Waals surface area contributed by atoms with Crippen LogP contribution in [0.25, 0.3) is 0 Å².